The molecule has 0 spiro atoms. The molecule has 23 heavy (non-hydrogen) atoms. The summed E-state index contributed by atoms with van der Waals surface area (Å²) in [6.45, 7) is 1.42. The Kier molecular flexibility index (Phi) is 3.67. The molecule has 1 N–H and O–H groups in total. The number of aliphatic hydroxyl groups is 1. The zero-order valence-corrected chi connectivity index (χ0v) is 13.2. The summed E-state index contributed by atoms with van der Waals surface area (Å²) in [6, 6.07) is 8.39. The quantitative estimate of drug-likeness (QED) is 0.850. The van der Waals surface area contributed by atoms with Gasteiger partial charge in [0.15, 0.2) is 11.5 Å². The molecule has 5 nitrogen and oxygen atoms in total. The fourth-order valence-corrected chi connectivity index (χ4v) is 4.55. The van der Waals surface area contributed by atoms with Crippen molar-refractivity contribution in [2.75, 3.05) is 19.9 Å². The van der Waals surface area contributed by atoms with Crippen LogP contribution in [0.3, 0.4) is 0 Å². The molecule has 1 saturated carbocycles. The summed E-state index contributed by atoms with van der Waals surface area (Å²) in [4.78, 5) is 2.21. The van der Waals surface area contributed by atoms with Crippen molar-refractivity contribution >= 4 is 0 Å². The van der Waals surface area contributed by atoms with Crippen LogP contribution in [0.5, 0.6) is 11.5 Å². The van der Waals surface area contributed by atoms with Crippen LogP contribution in [0, 0.1) is 17.2 Å². The topological polar surface area (TPSA) is 65.7 Å². The molecule has 122 valence electrons. The van der Waals surface area contributed by atoms with E-state index < -0.39 is 5.60 Å². The van der Waals surface area contributed by atoms with E-state index in [1.165, 1.54) is 0 Å². The Morgan fingerprint density at radius 1 is 1.26 bits per heavy atom. The third kappa shape index (κ3) is 2.46. The van der Waals surface area contributed by atoms with Crippen molar-refractivity contribution in [2.45, 2.75) is 43.7 Å². The predicted octanol–water partition coefficient (Wildman–Crippen LogP) is 2.61. The van der Waals surface area contributed by atoms with Crippen LogP contribution >= 0.6 is 0 Å². The monoisotopic (exact) mass is 314 g/mol. The molecular weight excluding hydrogens is 292 g/mol. The molecule has 5 heteroatoms. The summed E-state index contributed by atoms with van der Waals surface area (Å²) in [5, 5.41) is 20.3. The van der Waals surface area contributed by atoms with Gasteiger partial charge in [0.05, 0.1) is 18.2 Å². The highest BCUT2D eigenvalue weighted by Crippen LogP contribution is 2.50. The molecule has 0 aromatic heterocycles. The number of rotatable bonds is 2. The summed E-state index contributed by atoms with van der Waals surface area (Å²) < 4.78 is 10.9. The molecule has 1 aliphatic carbocycles. The molecule has 4 rings (SSSR count). The van der Waals surface area contributed by atoms with E-state index in [1.807, 2.05) is 12.1 Å². The number of hydrogen-bond acceptors (Lipinski definition) is 5. The minimum atomic E-state index is -0.592. The normalized spacial score (nSPS) is 33.0. The van der Waals surface area contributed by atoms with Gasteiger partial charge in [-0.25, -0.2) is 0 Å². The van der Waals surface area contributed by atoms with Crippen molar-refractivity contribution in [3.05, 3.63) is 23.8 Å². The van der Waals surface area contributed by atoms with E-state index in [0.717, 1.165) is 55.7 Å². The zero-order chi connectivity index (χ0) is 15.9. The van der Waals surface area contributed by atoms with E-state index in [9.17, 15) is 10.4 Å². The van der Waals surface area contributed by atoms with E-state index >= 15 is 0 Å². The van der Waals surface area contributed by atoms with Gasteiger partial charge >= 0.3 is 0 Å². The third-order valence-corrected chi connectivity index (χ3v) is 5.68. The predicted molar refractivity (Wildman–Crippen MR) is 84.0 cm³/mol. The molecule has 3 atom stereocenters. The summed E-state index contributed by atoms with van der Waals surface area (Å²) >= 11 is 0. The van der Waals surface area contributed by atoms with Crippen LogP contribution < -0.4 is 9.47 Å². The number of piperidine rings is 1. The van der Waals surface area contributed by atoms with E-state index in [-0.39, 0.29) is 18.8 Å². The van der Waals surface area contributed by atoms with Gasteiger partial charge in [0.2, 0.25) is 6.79 Å². The molecule has 0 amide bonds. The Bertz CT molecular complexity index is 642. The Morgan fingerprint density at radius 3 is 3.00 bits per heavy atom. The average Bonchev–Trinajstić information content (AvgIpc) is 3.02. The van der Waals surface area contributed by atoms with Crippen molar-refractivity contribution in [1.82, 2.24) is 4.90 Å². The van der Waals surface area contributed by atoms with Gasteiger partial charge in [-0.15, -0.1) is 0 Å². The zero-order valence-electron chi connectivity index (χ0n) is 13.2. The highest BCUT2D eigenvalue weighted by molar-refractivity contribution is 5.45. The summed E-state index contributed by atoms with van der Waals surface area (Å²) in [7, 11) is 0. The molecule has 0 bridgehead atoms. The second-order valence-corrected chi connectivity index (χ2v) is 6.89. The first-order valence-corrected chi connectivity index (χ1v) is 8.44. The Morgan fingerprint density at radius 2 is 2.13 bits per heavy atom. The molecule has 0 radical (unpaired) electrons. The highest BCUT2D eigenvalue weighted by Gasteiger charge is 2.48. The maximum atomic E-state index is 11.1. The van der Waals surface area contributed by atoms with Crippen LogP contribution in [0.1, 0.15) is 43.7 Å². The number of hydrogen-bond donors (Lipinski definition) is 1. The minimum Gasteiger partial charge on any atom is -0.454 e. The van der Waals surface area contributed by atoms with Crippen LogP contribution in [0.4, 0.5) is 0 Å². The van der Waals surface area contributed by atoms with Crippen molar-refractivity contribution in [3.8, 4) is 17.6 Å². The summed E-state index contributed by atoms with van der Waals surface area (Å²) in [5.41, 5.74) is 0.528. The van der Waals surface area contributed by atoms with Gasteiger partial charge in [0, 0.05) is 18.5 Å². The number of likely N-dealkylation sites (tertiary alicyclic amines) is 1. The third-order valence-electron chi connectivity index (χ3n) is 5.68. The van der Waals surface area contributed by atoms with E-state index in [0.29, 0.717) is 6.54 Å². The van der Waals surface area contributed by atoms with Crippen molar-refractivity contribution < 1.29 is 14.6 Å². The van der Waals surface area contributed by atoms with Gasteiger partial charge < -0.3 is 14.6 Å². The van der Waals surface area contributed by atoms with Gasteiger partial charge in [-0.05, 0) is 37.0 Å². The van der Waals surface area contributed by atoms with Crippen LogP contribution in [-0.2, 0) is 0 Å². The SMILES string of the molecule is N#CCN1CC[C@]2(O)CCCC[C@H]2[C@@H]1c1ccc2c(c1)OCO2. The lowest BCUT2D eigenvalue weighted by Gasteiger charge is -2.52. The lowest BCUT2D eigenvalue weighted by Crippen LogP contribution is -2.54. The first kappa shape index (κ1) is 14.8. The first-order valence-electron chi connectivity index (χ1n) is 8.44. The summed E-state index contributed by atoms with van der Waals surface area (Å²) in [5.74, 6) is 1.72. The van der Waals surface area contributed by atoms with Crippen molar-refractivity contribution in [1.29, 1.82) is 5.26 Å². The largest absolute Gasteiger partial charge is 0.454 e. The smallest absolute Gasteiger partial charge is 0.231 e. The maximum Gasteiger partial charge on any atom is 0.231 e. The van der Waals surface area contributed by atoms with E-state index in [4.69, 9.17) is 9.47 Å². The number of nitriles is 1. The fraction of sp³-hybridized carbons (Fsp3) is 0.611. The molecule has 2 aliphatic heterocycles. The van der Waals surface area contributed by atoms with Gasteiger partial charge in [-0.1, -0.05) is 18.9 Å². The Balaban J connectivity index is 1.72. The molecular formula is C18H22N2O3. The Hall–Kier alpha value is -1.77. The molecule has 1 aromatic carbocycles. The molecule has 2 heterocycles. The standard InChI is InChI=1S/C18H22N2O3/c19-8-10-20-9-7-18(21)6-2-1-3-14(18)17(20)13-4-5-15-16(11-13)23-12-22-15/h4-5,11,14,17,21H,1-3,6-7,9-10,12H2/t14-,17-,18+/m0/s1. The van der Waals surface area contributed by atoms with Crippen LogP contribution in [0.15, 0.2) is 18.2 Å². The number of ether oxygens (including phenoxy) is 2. The average molecular weight is 314 g/mol. The number of fused-ring (bicyclic) bond motifs is 2. The lowest BCUT2D eigenvalue weighted by molar-refractivity contribution is -0.121. The van der Waals surface area contributed by atoms with Crippen LogP contribution in [0.25, 0.3) is 0 Å². The van der Waals surface area contributed by atoms with Crippen molar-refractivity contribution in [2.24, 2.45) is 5.92 Å². The minimum absolute atomic E-state index is 0.0724. The van der Waals surface area contributed by atoms with Gasteiger partial charge in [-0.2, -0.15) is 5.26 Å². The van der Waals surface area contributed by atoms with Crippen LogP contribution in [-0.4, -0.2) is 35.5 Å². The van der Waals surface area contributed by atoms with Gasteiger partial charge in [0.1, 0.15) is 0 Å². The number of benzene rings is 1. The summed E-state index contributed by atoms with van der Waals surface area (Å²) in [6.07, 6.45) is 4.89. The molecule has 0 unspecified atom stereocenters. The lowest BCUT2D eigenvalue weighted by atomic mass is 9.66. The van der Waals surface area contributed by atoms with Crippen LogP contribution in [0.2, 0.25) is 0 Å². The van der Waals surface area contributed by atoms with Gasteiger partial charge in [-0.3, -0.25) is 4.90 Å². The highest BCUT2D eigenvalue weighted by atomic mass is 16.7. The Labute approximate surface area is 136 Å². The maximum absolute atomic E-state index is 11.1. The second kappa shape index (κ2) is 5.70. The molecule has 1 aromatic rings. The van der Waals surface area contributed by atoms with Gasteiger partial charge in [0.25, 0.3) is 0 Å². The first-order chi connectivity index (χ1) is 11.2. The van der Waals surface area contributed by atoms with Crippen molar-refractivity contribution in [3.63, 3.8) is 0 Å². The molecule has 2 fully saturated rings. The molecule has 1 saturated heterocycles. The van der Waals surface area contributed by atoms with E-state index in [2.05, 4.69) is 17.0 Å². The molecule has 3 aliphatic rings. The second-order valence-electron chi connectivity index (χ2n) is 6.89. The fourth-order valence-electron chi connectivity index (χ4n) is 4.55. The number of nitrogens with zero attached hydrogens (tertiary/aromatic N) is 2. The van der Waals surface area contributed by atoms with E-state index in [1.54, 1.807) is 0 Å².